The molecule has 0 spiro atoms. The molecule has 1 atom stereocenters. The molecule has 1 aromatic rings. The van der Waals surface area contributed by atoms with Crippen LogP contribution in [0.15, 0.2) is 29.2 Å². The predicted molar refractivity (Wildman–Crippen MR) is 70.4 cm³/mol. The van der Waals surface area contributed by atoms with Crippen molar-refractivity contribution in [2.24, 2.45) is 0 Å². The highest BCUT2D eigenvalue weighted by Crippen LogP contribution is 2.18. The number of sulfone groups is 1. The Morgan fingerprint density at radius 1 is 1.26 bits per heavy atom. The van der Waals surface area contributed by atoms with Crippen LogP contribution in [-0.2, 0) is 19.9 Å². The highest BCUT2D eigenvalue weighted by Gasteiger charge is 2.31. The maximum atomic E-state index is 12.1. The lowest BCUT2D eigenvalue weighted by Crippen LogP contribution is -2.35. The quantitative estimate of drug-likeness (QED) is 0.856. The van der Waals surface area contributed by atoms with E-state index in [0.717, 1.165) is 0 Å². The SMILES string of the molecule is COc1ccc(S(=O)(=O)NC2CCS(=O)(=O)C2)cc1. The van der Waals surface area contributed by atoms with Crippen molar-refractivity contribution >= 4 is 19.9 Å². The first-order valence-electron chi connectivity index (χ1n) is 5.69. The first-order valence-corrected chi connectivity index (χ1v) is 9.00. The molecule has 6 nitrogen and oxygen atoms in total. The molecule has 1 aliphatic heterocycles. The normalized spacial score (nSPS) is 22.3. The maximum Gasteiger partial charge on any atom is 0.240 e. The zero-order valence-electron chi connectivity index (χ0n) is 10.4. The van der Waals surface area contributed by atoms with Gasteiger partial charge in [-0.05, 0) is 30.7 Å². The number of methoxy groups -OCH3 is 1. The third-order valence-corrected chi connectivity index (χ3v) is 6.23. The minimum atomic E-state index is -3.69. The van der Waals surface area contributed by atoms with E-state index in [2.05, 4.69) is 4.72 Å². The number of nitrogens with one attached hydrogen (secondary N) is 1. The summed E-state index contributed by atoms with van der Waals surface area (Å²) in [6.45, 7) is 0. The first kappa shape index (κ1) is 14.3. The van der Waals surface area contributed by atoms with Gasteiger partial charge in [0.25, 0.3) is 0 Å². The summed E-state index contributed by atoms with van der Waals surface area (Å²) in [6, 6.07) is 5.38. The Hall–Kier alpha value is -1.12. The van der Waals surface area contributed by atoms with E-state index in [9.17, 15) is 16.8 Å². The van der Waals surface area contributed by atoms with Gasteiger partial charge >= 0.3 is 0 Å². The highest BCUT2D eigenvalue weighted by molar-refractivity contribution is 7.92. The Bertz CT molecular complexity index is 649. The largest absolute Gasteiger partial charge is 0.497 e. The van der Waals surface area contributed by atoms with Gasteiger partial charge in [0.2, 0.25) is 10.0 Å². The Kier molecular flexibility index (Phi) is 3.84. The molecule has 0 aromatic heterocycles. The molecular formula is C11H15NO5S2. The van der Waals surface area contributed by atoms with Crippen LogP contribution in [0.25, 0.3) is 0 Å². The number of ether oxygens (including phenoxy) is 1. The van der Waals surface area contributed by atoms with Crippen molar-refractivity contribution in [2.45, 2.75) is 17.4 Å². The summed E-state index contributed by atoms with van der Waals surface area (Å²) in [4.78, 5) is 0.0950. The summed E-state index contributed by atoms with van der Waals surface area (Å²) in [5.74, 6) is 0.452. The molecule has 0 amide bonds. The summed E-state index contributed by atoms with van der Waals surface area (Å²) < 4.78 is 54.1. The molecule has 1 heterocycles. The molecule has 1 unspecified atom stereocenters. The van der Waals surface area contributed by atoms with Crippen LogP contribution in [0.4, 0.5) is 0 Å². The Balaban J connectivity index is 2.14. The van der Waals surface area contributed by atoms with Gasteiger partial charge in [0.15, 0.2) is 9.84 Å². The number of benzene rings is 1. The molecule has 0 aliphatic carbocycles. The van der Waals surface area contributed by atoms with E-state index >= 15 is 0 Å². The molecule has 1 aromatic carbocycles. The van der Waals surface area contributed by atoms with Crippen LogP contribution in [0, 0.1) is 0 Å². The molecule has 19 heavy (non-hydrogen) atoms. The Labute approximate surface area is 112 Å². The van der Waals surface area contributed by atoms with E-state index in [-0.39, 0.29) is 16.4 Å². The Morgan fingerprint density at radius 3 is 2.37 bits per heavy atom. The molecule has 0 bridgehead atoms. The van der Waals surface area contributed by atoms with Gasteiger partial charge in [-0.2, -0.15) is 0 Å². The van der Waals surface area contributed by atoms with E-state index in [1.54, 1.807) is 12.1 Å². The molecule has 8 heteroatoms. The number of sulfonamides is 1. The second-order valence-corrected chi connectivity index (χ2v) is 8.34. The van der Waals surface area contributed by atoms with Gasteiger partial charge in [-0.3, -0.25) is 0 Å². The molecule has 1 fully saturated rings. The van der Waals surface area contributed by atoms with Crippen molar-refractivity contribution in [3.63, 3.8) is 0 Å². The average Bonchev–Trinajstić information content (AvgIpc) is 2.68. The minimum Gasteiger partial charge on any atom is -0.497 e. The molecule has 0 radical (unpaired) electrons. The van der Waals surface area contributed by atoms with Crippen molar-refractivity contribution < 1.29 is 21.6 Å². The van der Waals surface area contributed by atoms with Crippen LogP contribution in [0.1, 0.15) is 6.42 Å². The van der Waals surface area contributed by atoms with Gasteiger partial charge < -0.3 is 4.74 Å². The number of rotatable bonds is 4. The van der Waals surface area contributed by atoms with Crippen LogP contribution < -0.4 is 9.46 Å². The van der Waals surface area contributed by atoms with Crippen molar-refractivity contribution in [2.75, 3.05) is 18.6 Å². The molecule has 106 valence electrons. The summed E-state index contributed by atoms with van der Waals surface area (Å²) in [5.41, 5.74) is 0. The molecular weight excluding hydrogens is 290 g/mol. The second-order valence-electron chi connectivity index (χ2n) is 4.40. The summed E-state index contributed by atoms with van der Waals surface area (Å²) in [7, 11) is -5.31. The van der Waals surface area contributed by atoms with E-state index in [1.165, 1.54) is 19.2 Å². The molecule has 0 saturated carbocycles. The van der Waals surface area contributed by atoms with Crippen molar-refractivity contribution in [3.05, 3.63) is 24.3 Å². The van der Waals surface area contributed by atoms with Gasteiger partial charge in [0, 0.05) is 6.04 Å². The van der Waals surface area contributed by atoms with Gasteiger partial charge in [0.05, 0.1) is 23.5 Å². The lowest BCUT2D eigenvalue weighted by Gasteiger charge is -2.11. The van der Waals surface area contributed by atoms with Crippen molar-refractivity contribution in [1.29, 1.82) is 0 Å². The number of hydrogen-bond donors (Lipinski definition) is 1. The predicted octanol–water partition coefficient (Wildman–Crippen LogP) is 0.161. The standard InChI is InChI=1S/C11H15NO5S2/c1-17-10-2-4-11(5-3-10)19(15,16)12-9-6-7-18(13,14)8-9/h2-5,9,12H,6-8H2,1H3. The first-order chi connectivity index (χ1) is 8.82. The molecule has 1 aliphatic rings. The molecule has 2 rings (SSSR count). The van der Waals surface area contributed by atoms with Crippen LogP contribution in [-0.4, -0.2) is 41.5 Å². The molecule has 1 saturated heterocycles. The van der Waals surface area contributed by atoms with Crippen LogP contribution in [0.5, 0.6) is 5.75 Å². The minimum absolute atomic E-state index is 0.0306. The van der Waals surface area contributed by atoms with E-state index in [1.807, 2.05) is 0 Å². The Morgan fingerprint density at radius 2 is 1.89 bits per heavy atom. The fourth-order valence-electron chi connectivity index (χ4n) is 1.93. The highest BCUT2D eigenvalue weighted by atomic mass is 32.2. The van der Waals surface area contributed by atoms with Crippen LogP contribution in [0.3, 0.4) is 0 Å². The average molecular weight is 305 g/mol. The third kappa shape index (κ3) is 3.46. The van der Waals surface area contributed by atoms with E-state index < -0.39 is 25.9 Å². The van der Waals surface area contributed by atoms with Gasteiger partial charge in [-0.1, -0.05) is 0 Å². The monoisotopic (exact) mass is 305 g/mol. The van der Waals surface area contributed by atoms with E-state index in [4.69, 9.17) is 4.74 Å². The summed E-state index contributed by atoms with van der Waals surface area (Å²) in [6.07, 6.45) is 0.317. The number of hydrogen-bond acceptors (Lipinski definition) is 5. The van der Waals surface area contributed by atoms with Crippen molar-refractivity contribution in [3.8, 4) is 5.75 Å². The zero-order chi connectivity index (χ0) is 14.1. The summed E-state index contributed by atoms with van der Waals surface area (Å²) in [5, 5.41) is 0. The van der Waals surface area contributed by atoms with Crippen LogP contribution in [0.2, 0.25) is 0 Å². The summed E-state index contributed by atoms with van der Waals surface area (Å²) >= 11 is 0. The molecule has 1 N–H and O–H groups in total. The van der Waals surface area contributed by atoms with Crippen molar-refractivity contribution in [1.82, 2.24) is 4.72 Å². The van der Waals surface area contributed by atoms with Gasteiger partial charge in [-0.25, -0.2) is 21.6 Å². The van der Waals surface area contributed by atoms with Gasteiger partial charge in [0.1, 0.15) is 5.75 Å². The van der Waals surface area contributed by atoms with E-state index in [0.29, 0.717) is 12.2 Å². The smallest absolute Gasteiger partial charge is 0.240 e. The zero-order valence-corrected chi connectivity index (χ0v) is 12.0. The fraction of sp³-hybridized carbons (Fsp3) is 0.455. The fourth-order valence-corrected chi connectivity index (χ4v) is 4.98. The lowest BCUT2D eigenvalue weighted by atomic mass is 10.3. The topological polar surface area (TPSA) is 89.5 Å². The second kappa shape index (κ2) is 5.10. The third-order valence-electron chi connectivity index (χ3n) is 2.92. The van der Waals surface area contributed by atoms with Crippen LogP contribution >= 0.6 is 0 Å². The van der Waals surface area contributed by atoms with Gasteiger partial charge in [-0.15, -0.1) is 0 Å². The maximum absolute atomic E-state index is 12.1. The lowest BCUT2D eigenvalue weighted by molar-refractivity contribution is 0.414.